The molecule has 1 aromatic carbocycles. The number of phenols is 1. The van der Waals surface area contributed by atoms with E-state index in [0.29, 0.717) is 23.5 Å². The number of nitrogens with one attached hydrogen (secondary N) is 1. The normalized spacial score (nSPS) is 27.4. The maximum absolute atomic E-state index is 14.7. The molecule has 5 rings (SSSR count). The van der Waals surface area contributed by atoms with Gasteiger partial charge < -0.3 is 15.0 Å². The number of aromatic nitrogens is 5. The van der Waals surface area contributed by atoms with Crippen LogP contribution in [0.4, 0.5) is 4.39 Å². The van der Waals surface area contributed by atoms with Crippen LogP contribution in [0.25, 0.3) is 23.2 Å². The summed E-state index contributed by atoms with van der Waals surface area (Å²) in [6, 6.07) is 5.08. The van der Waals surface area contributed by atoms with Gasteiger partial charge in [-0.3, -0.25) is 0 Å². The molecule has 2 fully saturated rings. The van der Waals surface area contributed by atoms with Crippen LogP contribution in [0.3, 0.4) is 0 Å². The molecule has 0 saturated carbocycles. The smallest absolute Gasteiger partial charge is 0.185 e. The van der Waals surface area contributed by atoms with Crippen LogP contribution in [0.1, 0.15) is 31.9 Å². The lowest BCUT2D eigenvalue weighted by Crippen LogP contribution is -2.50. The second kappa shape index (κ2) is 6.73. The summed E-state index contributed by atoms with van der Waals surface area (Å²) in [5, 5.41) is 22.1. The van der Waals surface area contributed by atoms with Gasteiger partial charge in [0.15, 0.2) is 5.82 Å². The lowest BCUT2D eigenvalue weighted by Gasteiger charge is -2.35. The molecule has 3 aromatic rings. The van der Waals surface area contributed by atoms with Gasteiger partial charge in [0.05, 0.1) is 23.8 Å². The SMILES string of the molecule is C[C@@]12CCC(N1)[C@@H](F)/C(=C\c1cnc(-c3ccc(-n4ccnc4)cc3O)nn1)C2. The van der Waals surface area contributed by atoms with Crippen LogP contribution < -0.4 is 5.32 Å². The fourth-order valence-electron chi connectivity index (χ4n) is 4.31. The number of halogens is 1. The first-order valence-corrected chi connectivity index (χ1v) is 9.64. The van der Waals surface area contributed by atoms with Crippen LogP contribution >= 0.6 is 0 Å². The van der Waals surface area contributed by atoms with E-state index in [2.05, 4.69) is 32.4 Å². The average molecular weight is 392 g/mol. The monoisotopic (exact) mass is 392 g/mol. The lowest BCUT2D eigenvalue weighted by atomic mass is 9.87. The summed E-state index contributed by atoms with van der Waals surface area (Å²) < 4.78 is 16.5. The number of rotatable bonds is 3. The van der Waals surface area contributed by atoms with Gasteiger partial charge >= 0.3 is 0 Å². The number of hydrogen-bond donors (Lipinski definition) is 2. The largest absolute Gasteiger partial charge is 0.507 e. The summed E-state index contributed by atoms with van der Waals surface area (Å²) in [6.07, 6.45) is 9.92. The predicted molar refractivity (Wildman–Crippen MR) is 106 cm³/mol. The van der Waals surface area contributed by atoms with E-state index in [1.165, 1.54) is 0 Å². The van der Waals surface area contributed by atoms with Crippen molar-refractivity contribution in [2.24, 2.45) is 0 Å². The summed E-state index contributed by atoms with van der Waals surface area (Å²) in [7, 11) is 0. The third kappa shape index (κ3) is 3.29. The van der Waals surface area contributed by atoms with Gasteiger partial charge in [-0.2, -0.15) is 0 Å². The van der Waals surface area contributed by atoms with Crippen molar-refractivity contribution < 1.29 is 9.50 Å². The van der Waals surface area contributed by atoms with Crippen LogP contribution in [0.5, 0.6) is 5.75 Å². The Balaban J connectivity index is 1.39. The number of piperidine rings is 1. The fraction of sp³-hybridized carbons (Fsp3) is 0.333. The van der Waals surface area contributed by atoms with Crippen molar-refractivity contribution in [1.82, 2.24) is 30.0 Å². The molecule has 4 heterocycles. The number of aromatic hydroxyl groups is 1. The van der Waals surface area contributed by atoms with Gasteiger partial charge in [0.2, 0.25) is 0 Å². The van der Waals surface area contributed by atoms with Crippen molar-refractivity contribution in [3.05, 3.63) is 54.4 Å². The van der Waals surface area contributed by atoms with E-state index >= 15 is 0 Å². The Morgan fingerprint density at radius 3 is 2.97 bits per heavy atom. The molecule has 2 N–H and O–H groups in total. The average Bonchev–Trinajstić information content (AvgIpc) is 3.36. The Hall–Kier alpha value is -3.13. The van der Waals surface area contributed by atoms with Gasteiger partial charge in [-0.1, -0.05) is 0 Å². The van der Waals surface area contributed by atoms with Gasteiger partial charge in [0.25, 0.3) is 0 Å². The molecule has 3 atom stereocenters. The van der Waals surface area contributed by atoms with Crippen molar-refractivity contribution in [1.29, 1.82) is 0 Å². The summed E-state index contributed by atoms with van der Waals surface area (Å²) in [5.74, 6) is 0.367. The van der Waals surface area contributed by atoms with Crippen LogP contribution in [-0.2, 0) is 0 Å². The first kappa shape index (κ1) is 17.9. The Morgan fingerprint density at radius 2 is 2.24 bits per heavy atom. The Bertz CT molecular complexity index is 1070. The van der Waals surface area contributed by atoms with Gasteiger partial charge in [-0.25, -0.2) is 14.4 Å². The highest BCUT2D eigenvalue weighted by molar-refractivity contribution is 5.66. The number of phenolic OH excluding ortho intramolecular Hbond substituents is 1. The van der Waals surface area contributed by atoms with E-state index in [0.717, 1.165) is 24.1 Å². The molecule has 7 nitrogen and oxygen atoms in total. The number of hydrogen-bond acceptors (Lipinski definition) is 6. The molecular weight excluding hydrogens is 371 g/mol. The Kier molecular flexibility index (Phi) is 4.16. The second-order valence-electron chi connectivity index (χ2n) is 8.03. The van der Waals surface area contributed by atoms with Crippen LogP contribution in [-0.4, -0.2) is 47.6 Å². The topological polar surface area (TPSA) is 88.8 Å². The van der Waals surface area contributed by atoms with Crippen LogP contribution in [0.15, 0.2) is 48.7 Å². The molecule has 8 heteroatoms. The van der Waals surface area contributed by atoms with Gasteiger partial charge in [0, 0.05) is 30.0 Å². The quantitative estimate of drug-likeness (QED) is 0.712. The molecule has 2 aliphatic heterocycles. The summed E-state index contributed by atoms with van der Waals surface area (Å²) in [6.45, 7) is 2.13. The van der Waals surface area contributed by atoms with Crippen molar-refractivity contribution >= 4 is 6.08 Å². The zero-order chi connectivity index (χ0) is 20.0. The highest BCUT2D eigenvalue weighted by Crippen LogP contribution is 2.40. The van der Waals surface area contributed by atoms with Crippen molar-refractivity contribution in [3.63, 3.8) is 0 Å². The van der Waals surface area contributed by atoms with E-state index in [-0.39, 0.29) is 17.3 Å². The number of imidazole rings is 1. The van der Waals surface area contributed by atoms with Gasteiger partial charge in [-0.15, -0.1) is 10.2 Å². The summed E-state index contributed by atoms with van der Waals surface area (Å²) in [4.78, 5) is 8.33. The molecule has 29 heavy (non-hydrogen) atoms. The number of alkyl halides is 1. The highest BCUT2D eigenvalue weighted by atomic mass is 19.1. The van der Waals surface area contributed by atoms with Crippen molar-refractivity contribution in [3.8, 4) is 22.8 Å². The summed E-state index contributed by atoms with van der Waals surface area (Å²) >= 11 is 0. The third-order valence-corrected chi connectivity index (χ3v) is 5.78. The molecule has 1 unspecified atom stereocenters. The van der Waals surface area contributed by atoms with Gasteiger partial charge in [0.1, 0.15) is 17.6 Å². The van der Waals surface area contributed by atoms with Crippen molar-refractivity contribution in [2.45, 2.75) is 43.9 Å². The van der Waals surface area contributed by atoms with Crippen molar-refractivity contribution in [2.75, 3.05) is 0 Å². The molecule has 2 aromatic heterocycles. The molecule has 2 aliphatic rings. The molecule has 0 amide bonds. The fourth-order valence-corrected chi connectivity index (χ4v) is 4.31. The van der Waals surface area contributed by atoms with Crippen LogP contribution in [0.2, 0.25) is 0 Å². The second-order valence-corrected chi connectivity index (χ2v) is 8.03. The zero-order valence-corrected chi connectivity index (χ0v) is 16.0. The molecular formula is C21H21FN6O. The summed E-state index contributed by atoms with van der Waals surface area (Å²) in [5.41, 5.74) is 2.48. The first-order chi connectivity index (χ1) is 14.0. The molecule has 148 valence electrons. The van der Waals surface area contributed by atoms with E-state index < -0.39 is 6.17 Å². The third-order valence-electron chi connectivity index (χ3n) is 5.78. The Morgan fingerprint density at radius 1 is 1.34 bits per heavy atom. The standard InChI is InChI=1S/C21H21FN6O/c1-21-5-4-17(25-21)19(22)13(10-21)8-14-11-24-20(27-26-14)16-3-2-15(9-18(16)29)28-7-6-23-12-28/h2-3,6-9,11-12,17,19,25,29H,4-5,10H2,1H3/b13-8-/t17?,19-,21-/m0/s1. The Labute approximate surface area is 167 Å². The number of benzene rings is 1. The molecule has 0 spiro atoms. The lowest BCUT2D eigenvalue weighted by molar-refractivity contribution is 0.234. The molecule has 0 aliphatic carbocycles. The minimum absolute atomic E-state index is 0.0390. The van der Waals surface area contributed by atoms with E-state index in [4.69, 9.17) is 0 Å². The first-order valence-electron chi connectivity index (χ1n) is 9.64. The predicted octanol–water partition coefficient (Wildman–Crippen LogP) is 3.07. The van der Waals surface area contributed by atoms with Gasteiger partial charge in [-0.05, 0) is 50.0 Å². The maximum atomic E-state index is 14.7. The minimum atomic E-state index is -1.01. The zero-order valence-electron chi connectivity index (χ0n) is 16.0. The van der Waals surface area contributed by atoms with E-state index in [9.17, 15) is 9.50 Å². The van der Waals surface area contributed by atoms with E-state index in [1.54, 1.807) is 47.7 Å². The highest BCUT2D eigenvalue weighted by Gasteiger charge is 2.45. The maximum Gasteiger partial charge on any atom is 0.185 e. The number of fused-ring (bicyclic) bond motifs is 2. The molecule has 2 saturated heterocycles. The minimum Gasteiger partial charge on any atom is -0.507 e. The van der Waals surface area contributed by atoms with Crippen LogP contribution in [0, 0.1) is 0 Å². The molecule has 2 bridgehead atoms. The van der Waals surface area contributed by atoms with E-state index in [1.807, 2.05) is 6.07 Å². The molecule has 0 radical (unpaired) electrons. The number of nitrogens with zero attached hydrogens (tertiary/aromatic N) is 5.